The second-order valence-electron chi connectivity index (χ2n) is 4.09. The molecule has 1 aliphatic rings. The zero-order valence-electron chi connectivity index (χ0n) is 10.8. The van der Waals surface area contributed by atoms with Crippen LogP contribution in [0.3, 0.4) is 0 Å². The molecule has 0 radical (unpaired) electrons. The molecular weight excluding hydrogens is 266 g/mol. The van der Waals surface area contributed by atoms with Crippen molar-refractivity contribution in [2.45, 2.75) is 19.0 Å². The van der Waals surface area contributed by atoms with Gasteiger partial charge >= 0.3 is 12.0 Å². The van der Waals surface area contributed by atoms with Gasteiger partial charge in [-0.3, -0.25) is 0 Å². The van der Waals surface area contributed by atoms with Crippen LogP contribution in [0.4, 0.5) is 4.79 Å². The Labute approximate surface area is 114 Å². The van der Waals surface area contributed by atoms with Crippen molar-refractivity contribution in [3.63, 3.8) is 0 Å². The van der Waals surface area contributed by atoms with Crippen LogP contribution < -0.4 is 5.32 Å². The lowest BCUT2D eigenvalue weighted by Crippen LogP contribution is -2.52. The fraction of sp³-hybridized carbons (Fsp3) is 0.455. The van der Waals surface area contributed by atoms with E-state index in [4.69, 9.17) is 4.74 Å². The number of isocyanates is 1. The van der Waals surface area contributed by atoms with Crippen molar-refractivity contribution in [3.05, 3.63) is 17.7 Å². The van der Waals surface area contributed by atoms with E-state index in [0.717, 1.165) is 11.4 Å². The molecule has 9 heteroatoms. The molecule has 0 aromatic carbocycles. The van der Waals surface area contributed by atoms with Crippen LogP contribution in [0, 0.1) is 0 Å². The molecule has 0 aliphatic carbocycles. The van der Waals surface area contributed by atoms with Gasteiger partial charge in [-0.05, 0) is 0 Å². The van der Waals surface area contributed by atoms with Gasteiger partial charge in [0.15, 0.2) is 0 Å². The standard InChI is InChI=1S/C11H13N5O4/c1-20-10(18)9-2-7-8(14-5-13-7)3-16(9)11(19)15-4-12-6-17/h5,9H,2-4H2,1H3,(H,13,14)(H,15,19). The van der Waals surface area contributed by atoms with Gasteiger partial charge in [-0.25, -0.2) is 19.4 Å². The van der Waals surface area contributed by atoms with E-state index in [2.05, 4.69) is 20.3 Å². The second kappa shape index (κ2) is 5.98. The smallest absolute Gasteiger partial charge is 0.329 e. The Morgan fingerprint density at radius 2 is 2.50 bits per heavy atom. The number of aliphatic imine (C=N–C) groups is 1. The van der Waals surface area contributed by atoms with E-state index >= 15 is 0 Å². The summed E-state index contributed by atoms with van der Waals surface area (Å²) in [6, 6.07) is -1.27. The number of amides is 2. The first-order valence-electron chi connectivity index (χ1n) is 5.84. The van der Waals surface area contributed by atoms with E-state index < -0.39 is 18.0 Å². The SMILES string of the molecule is COC(=O)C1Cc2nc[nH]c2CN1C(=O)NCN=C=O. The highest BCUT2D eigenvalue weighted by molar-refractivity contribution is 5.84. The summed E-state index contributed by atoms with van der Waals surface area (Å²) in [5.41, 5.74) is 1.49. The minimum absolute atomic E-state index is 0.192. The number of imidazole rings is 1. The van der Waals surface area contributed by atoms with Crippen molar-refractivity contribution >= 4 is 18.1 Å². The second-order valence-corrected chi connectivity index (χ2v) is 4.09. The Balaban J connectivity index is 2.17. The zero-order valence-corrected chi connectivity index (χ0v) is 10.8. The van der Waals surface area contributed by atoms with Crippen molar-refractivity contribution in [1.29, 1.82) is 0 Å². The molecule has 0 saturated heterocycles. The minimum atomic E-state index is -0.754. The third-order valence-corrected chi connectivity index (χ3v) is 3.01. The Bertz CT molecular complexity index is 563. The fourth-order valence-corrected chi connectivity index (χ4v) is 2.04. The molecule has 1 unspecified atom stereocenters. The molecule has 2 N–H and O–H groups in total. The molecule has 1 aliphatic heterocycles. The molecule has 0 spiro atoms. The normalized spacial score (nSPS) is 16.9. The molecule has 106 valence electrons. The number of H-pyrrole nitrogens is 1. The van der Waals surface area contributed by atoms with Gasteiger partial charge in [0.2, 0.25) is 6.08 Å². The molecule has 0 saturated carbocycles. The number of fused-ring (bicyclic) bond motifs is 1. The van der Waals surface area contributed by atoms with Gasteiger partial charge in [0, 0.05) is 6.42 Å². The predicted molar refractivity (Wildman–Crippen MR) is 65.2 cm³/mol. The molecule has 1 atom stereocenters. The number of carbonyl (C=O) groups is 2. The molecular formula is C11H13N5O4. The monoisotopic (exact) mass is 279 g/mol. The van der Waals surface area contributed by atoms with Crippen LogP contribution in [0.2, 0.25) is 0 Å². The first-order chi connectivity index (χ1) is 9.67. The van der Waals surface area contributed by atoms with Crippen molar-refractivity contribution < 1.29 is 19.1 Å². The molecule has 0 bridgehead atoms. The van der Waals surface area contributed by atoms with Crippen LogP contribution in [-0.2, 0) is 27.3 Å². The molecule has 2 rings (SSSR count). The highest BCUT2D eigenvalue weighted by Crippen LogP contribution is 2.21. The Morgan fingerprint density at radius 1 is 1.70 bits per heavy atom. The number of esters is 1. The molecule has 2 heterocycles. The number of ether oxygens (including phenoxy) is 1. The number of aromatic amines is 1. The maximum atomic E-state index is 12.0. The summed E-state index contributed by atoms with van der Waals surface area (Å²) < 4.78 is 4.70. The number of urea groups is 1. The molecule has 9 nitrogen and oxygen atoms in total. The number of carbonyl (C=O) groups excluding carboxylic acids is 3. The highest BCUT2D eigenvalue weighted by Gasteiger charge is 2.36. The van der Waals surface area contributed by atoms with Crippen LogP contribution in [0.25, 0.3) is 0 Å². The van der Waals surface area contributed by atoms with Gasteiger partial charge in [-0.1, -0.05) is 0 Å². The van der Waals surface area contributed by atoms with Gasteiger partial charge < -0.3 is 19.9 Å². The quantitative estimate of drug-likeness (QED) is 0.431. The summed E-state index contributed by atoms with van der Waals surface area (Å²) in [6.07, 6.45) is 3.10. The maximum Gasteiger partial charge on any atom is 0.329 e. The summed E-state index contributed by atoms with van der Waals surface area (Å²) in [5, 5.41) is 2.40. The number of hydrogen-bond donors (Lipinski definition) is 2. The third-order valence-electron chi connectivity index (χ3n) is 3.01. The number of rotatable bonds is 3. The van der Waals surface area contributed by atoms with E-state index in [1.54, 1.807) is 0 Å². The van der Waals surface area contributed by atoms with Gasteiger partial charge in [0.05, 0.1) is 31.4 Å². The van der Waals surface area contributed by atoms with E-state index in [9.17, 15) is 14.4 Å². The summed E-state index contributed by atoms with van der Waals surface area (Å²) in [6.45, 7) is 0.00823. The van der Waals surface area contributed by atoms with Gasteiger partial charge in [-0.15, -0.1) is 0 Å². The van der Waals surface area contributed by atoms with Crippen molar-refractivity contribution in [2.75, 3.05) is 13.8 Å². The lowest BCUT2D eigenvalue weighted by molar-refractivity contribution is -0.146. The van der Waals surface area contributed by atoms with Crippen molar-refractivity contribution in [3.8, 4) is 0 Å². The van der Waals surface area contributed by atoms with Crippen LogP contribution in [0.1, 0.15) is 11.4 Å². The van der Waals surface area contributed by atoms with Gasteiger partial charge in [-0.2, -0.15) is 4.99 Å². The van der Waals surface area contributed by atoms with E-state index in [0.29, 0.717) is 0 Å². The number of aromatic nitrogens is 2. The fourth-order valence-electron chi connectivity index (χ4n) is 2.04. The first-order valence-corrected chi connectivity index (χ1v) is 5.84. The molecule has 20 heavy (non-hydrogen) atoms. The number of nitrogens with zero attached hydrogens (tertiary/aromatic N) is 3. The summed E-state index contributed by atoms with van der Waals surface area (Å²) in [5.74, 6) is -0.521. The topological polar surface area (TPSA) is 117 Å². The van der Waals surface area contributed by atoms with E-state index in [-0.39, 0.29) is 19.6 Å². The number of hydrogen-bond acceptors (Lipinski definition) is 6. The number of methoxy groups -OCH3 is 1. The average Bonchev–Trinajstić information content (AvgIpc) is 2.92. The van der Waals surface area contributed by atoms with Crippen LogP contribution in [-0.4, -0.2) is 52.8 Å². The van der Waals surface area contributed by atoms with Crippen LogP contribution in [0.5, 0.6) is 0 Å². The van der Waals surface area contributed by atoms with E-state index in [1.165, 1.54) is 24.4 Å². The molecule has 1 aromatic rings. The molecule has 1 aromatic heterocycles. The highest BCUT2D eigenvalue weighted by atomic mass is 16.5. The van der Waals surface area contributed by atoms with Crippen molar-refractivity contribution in [2.24, 2.45) is 4.99 Å². The lowest BCUT2D eigenvalue weighted by atomic mass is 10.0. The predicted octanol–water partition coefficient (Wildman–Crippen LogP) is -0.688. The molecule has 2 amide bonds. The summed E-state index contributed by atoms with van der Waals surface area (Å²) in [7, 11) is 1.26. The van der Waals surface area contributed by atoms with E-state index in [1.807, 2.05) is 0 Å². The minimum Gasteiger partial charge on any atom is -0.467 e. The largest absolute Gasteiger partial charge is 0.467 e. The Kier molecular flexibility index (Phi) is 4.11. The molecule has 0 fully saturated rings. The summed E-state index contributed by atoms with van der Waals surface area (Å²) in [4.78, 5) is 45.3. The van der Waals surface area contributed by atoms with Gasteiger partial charge in [0.25, 0.3) is 0 Å². The third kappa shape index (κ3) is 2.67. The lowest BCUT2D eigenvalue weighted by Gasteiger charge is -2.32. The zero-order chi connectivity index (χ0) is 14.5. The summed E-state index contributed by atoms with van der Waals surface area (Å²) >= 11 is 0. The Morgan fingerprint density at radius 3 is 3.20 bits per heavy atom. The van der Waals surface area contributed by atoms with Crippen LogP contribution >= 0.6 is 0 Å². The van der Waals surface area contributed by atoms with Crippen molar-refractivity contribution in [1.82, 2.24) is 20.2 Å². The first kappa shape index (κ1) is 13.8. The average molecular weight is 279 g/mol. The maximum absolute atomic E-state index is 12.0. The number of nitrogens with one attached hydrogen (secondary N) is 2. The Hall–Kier alpha value is -2.67. The van der Waals surface area contributed by atoms with Gasteiger partial charge in [0.1, 0.15) is 12.7 Å². The van der Waals surface area contributed by atoms with Crippen LogP contribution in [0.15, 0.2) is 11.3 Å².